The highest BCUT2D eigenvalue weighted by Gasteiger charge is 2.23. The molecule has 0 saturated heterocycles. The first-order valence-corrected chi connectivity index (χ1v) is 11.0. The van der Waals surface area contributed by atoms with Crippen LogP contribution in [0.5, 0.6) is 5.75 Å². The molecule has 0 atom stereocenters. The number of ether oxygens (including phenoxy) is 1. The van der Waals surface area contributed by atoms with E-state index < -0.39 is 10.0 Å². The Balaban J connectivity index is 2.01. The quantitative estimate of drug-likeness (QED) is 0.839. The summed E-state index contributed by atoms with van der Waals surface area (Å²) in [5.74, 6) is 1.24. The van der Waals surface area contributed by atoms with Crippen LogP contribution in [0.1, 0.15) is 18.9 Å². The minimum atomic E-state index is -3.83. The Kier molecular flexibility index (Phi) is 5.67. The van der Waals surface area contributed by atoms with E-state index >= 15 is 0 Å². The van der Waals surface area contributed by atoms with Crippen molar-refractivity contribution in [3.05, 3.63) is 42.0 Å². The van der Waals surface area contributed by atoms with Crippen LogP contribution in [0, 0.1) is 6.92 Å². The molecule has 0 bridgehead atoms. The van der Waals surface area contributed by atoms with Gasteiger partial charge in [0.2, 0.25) is 5.91 Å². The highest BCUT2D eigenvalue weighted by molar-refractivity contribution is 7.99. The molecule has 1 amide bonds. The number of hydrogen-bond donors (Lipinski definition) is 1. The zero-order valence-corrected chi connectivity index (χ0v) is 17.1. The molecule has 0 unspecified atom stereocenters. The number of rotatable bonds is 4. The number of carbonyl (C=O) groups excluding carboxylic acids is 1. The number of hydrogen-bond acceptors (Lipinski definition) is 5. The number of nitrogens with one attached hydrogen (secondary N) is 1. The van der Waals surface area contributed by atoms with Crippen molar-refractivity contribution in [2.24, 2.45) is 0 Å². The van der Waals surface area contributed by atoms with Gasteiger partial charge in [-0.15, -0.1) is 11.8 Å². The molecular weight excluding hydrogens is 384 g/mol. The SMILES string of the molecule is COc1ccc(C)cc1NS(=O)(=O)c1ccc2c(c1)N(C(C)=O)CCCS2. The fourth-order valence-electron chi connectivity index (χ4n) is 2.95. The molecule has 1 heterocycles. The van der Waals surface area contributed by atoms with E-state index in [9.17, 15) is 13.2 Å². The molecule has 0 spiro atoms. The van der Waals surface area contributed by atoms with Gasteiger partial charge in [0.1, 0.15) is 5.75 Å². The van der Waals surface area contributed by atoms with Crippen molar-refractivity contribution in [3.8, 4) is 5.75 Å². The van der Waals surface area contributed by atoms with E-state index in [-0.39, 0.29) is 10.8 Å². The average molecular weight is 407 g/mol. The number of anilines is 2. The van der Waals surface area contributed by atoms with Crippen molar-refractivity contribution in [2.75, 3.05) is 29.0 Å². The first-order chi connectivity index (χ1) is 12.8. The molecule has 0 fully saturated rings. The highest BCUT2D eigenvalue weighted by atomic mass is 32.2. The standard InChI is InChI=1S/C19H22N2O4S2/c1-13-5-7-18(25-3)16(11-13)20-27(23,24)15-6-8-19-17(12-15)21(14(2)22)9-4-10-26-19/h5-8,11-12,20H,4,9-10H2,1-3H3. The van der Waals surface area contributed by atoms with Crippen molar-refractivity contribution in [1.82, 2.24) is 0 Å². The smallest absolute Gasteiger partial charge is 0.262 e. The maximum Gasteiger partial charge on any atom is 0.262 e. The number of fused-ring (bicyclic) bond motifs is 1. The summed E-state index contributed by atoms with van der Waals surface area (Å²) in [5.41, 5.74) is 1.93. The molecule has 0 aromatic heterocycles. The van der Waals surface area contributed by atoms with Crippen molar-refractivity contribution in [3.63, 3.8) is 0 Å². The zero-order chi connectivity index (χ0) is 19.6. The third kappa shape index (κ3) is 4.22. The molecule has 3 rings (SSSR count). The van der Waals surface area contributed by atoms with Gasteiger partial charge in [-0.25, -0.2) is 8.42 Å². The Morgan fingerprint density at radius 3 is 2.70 bits per heavy atom. The van der Waals surface area contributed by atoms with Crippen LogP contribution in [0.25, 0.3) is 0 Å². The van der Waals surface area contributed by atoms with E-state index in [1.165, 1.54) is 14.0 Å². The topological polar surface area (TPSA) is 75.7 Å². The fourth-order valence-corrected chi connectivity index (χ4v) is 5.01. The van der Waals surface area contributed by atoms with E-state index in [2.05, 4.69) is 4.72 Å². The number of carbonyl (C=O) groups is 1. The van der Waals surface area contributed by atoms with E-state index in [4.69, 9.17) is 4.74 Å². The second kappa shape index (κ2) is 7.82. The van der Waals surface area contributed by atoms with Crippen molar-refractivity contribution in [2.45, 2.75) is 30.1 Å². The number of amides is 1. The van der Waals surface area contributed by atoms with Crippen LogP contribution < -0.4 is 14.4 Å². The molecule has 1 aliphatic heterocycles. The van der Waals surface area contributed by atoms with Crippen LogP contribution in [0.15, 0.2) is 46.2 Å². The van der Waals surface area contributed by atoms with Crippen LogP contribution in [-0.4, -0.2) is 33.7 Å². The summed E-state index contributed by atoms with van der Waals surface area (Å²) < 4.78 is 33.8. The minimum Gasteiger partial charge on any atom is -0.495 e. The van der Waals surface area contributed by atoms with Crippen LogP contribution in [0.4, 0.5) is 11.4 Å². The third-order valence-electron chi connectivity index (χ3n) is 4.29. The maximum absolute atomic E-state index is 13.0. The summed E-state index contributed by atoms with van der Waals surface area (Å²) in [4.78, 5) is 14.7. The van der Waals surface area contributed by atoms with Crippen molar-refractivity contribution < 1.29 is 17.9 Å². The normalized spacial score (nSPS) is 14.3. The Morgan fingerprint density at radius 2 is 2.00 bits per heavy atom. The first kappa shape index (κ1) is 19.6. The molecule has 2 aromatic carbocycles. The van der Waals surface area contributed by atoms with E-state index in [0.29, 0.717) is 23.7 Å². The van der Waals surface area contributed by atoms with Crippen LogP contribution in [0.3, 0.4) is 0 Å². The summed E-state index contributed by atoms with van der Waals surface area (Å²) in [6.45, 7) is 3.95. The number of thioether (sulfide) groups is 1. The molecule has 8 heteroatoms. The lowest BCUT2D eigenvalue weighted by molar-refractivity contribution is -0.116. The van der Waals surface area contributed by atoms with Crippen molar-refractivity contribution >= 4 is 39.1 Å². The van der Waals surface area contributed by atoms with E-state index in [1.807, 2.05) is 13.0 Å². The lowest BCUT2D eigenvalue weighted by Crippen LogP contribution is -2.29. The lowest BCUT2D eigenvalue weighted by Gasteiger charge is -2.21. The number of methoxy groups -OCH3 is 1. The second-order valence-electron chi connectivity index (χ2n) is 6.31. The van der Waals surface area contributed by atoms with Gasteiger partial charge >= 0.3 is 0 Å². The number of benzene rings is 2. The fraction of sp³-hybridized carbons (Fsp3) is 0.316. The second-order valence-corrected chi connectivity index (χ2v) is 9.13. The highest BCUT2D eigenvalue weighted by Crippen LogP contribution is 2.36. The minimum absolute atomic E-state index is 0.0957. The molecule has 0 aliphatic carbocycles. The number of aryl methyl sites for hydroxylation is 1. The largest absolute Gasteiger partial charge is 0.495 e. The monoisotopic (exact) mass is 406 g/mol. The molecule has 1 aliphatic rings. The van der Waals surface area contributed by atoms with Gasteiger partial charge in [-0.3, -0.25) is 9.52 Å². The maximum atomic E-state index is 13.0. The van der Waals surface area contributed by atoms with Gasteiger partial charge in [-0.2, -0.15) is 0 Å². The van der Waals surface area contributed by atoms with E-state index in [1.54, 1.807) is 47.0 Å². The summed E-state index contributed by atoms with van der Waals surface area (Å²) in [5, 5.41) is 0. The summed E-state index contributed by atoms with van der Waals surface area (Å²) in [6, 6.07) is 10.2. The van der Waals surface area contributed by atoms with Crippen molar-refractivity contribution in [1.29, 1.82) is 0 Å². The number of nitrogens with zero attached hydrogens (tertiary/aromatic N) is 1. The van der Waals surface area contributed by atoms with Gasteiger partial charge in [0.05, 0.1) is 23.4 Å². The van der Waals surface area contributed by atoms with Gasteiger partial charge in [-0.05, 0) is 55.0 Å². The van der Waals surface area contributed by atoms with Gasteiger partial charge in [0.25, 0.3) is 10.0 Å². The molecule has 0 saturated carbocycles. The van der Waals surface area contributed by atoms with E-state index in [0.717, 1.165) is 22.6 Å². The van der Waals surface area contributed by atoms with Gasteiger partial charge < -0.3 is 9.64 Å². The van der Waals surface area contributed by atoms with Gasteiger partial charge in [0, 0.05) is 18.4 Å². The zero-order valence-electron chi connectivity index (χ0n) is 15.5. The third-order valence-corrected chi connectivity index (χ3v) is 6.81. The molecular formula is C19H22N2O4S2. The predicted molar refractivity (Wildman–Crippen MR) is 108 cm³/mol. The summed E-state index contributed by atoms with van der Waals surface area (Å²) in [7, 11) is -2.34. The van der Waals surface area contributed by atoms with Crippen LogP contribution in [-0.2, 0) is 14.8 Å². The molecule has 1 N–H and O–H groups in total. The Bertz CT molecular complexity index is 974. The first-order valence-electron chi connectivity index (χ1n) is 8.54. The Morgan fingerprint density at radius 1 is 1.22 bits per heavy atom. The lowest BCUT2D eigenvalue weighted by atomic mass is 10.2. The average Bonchev–Trinajstić information content (AvgIpc) is 2.83. The Labute approximate surface area is 164 Å². The number of sulfonamides is 1. The molecule has 0 radical (unpaired) electrons. The van der Waals surface area contributed by atoms with Crippen LogP contribution in [0.2, 0.25) is 0 Å². The molecule has 2 aromatic rings. The molecule has 6 nitrogen and oxygen atoms in total. The van der Waals surface area contributed by atoms with Gasteiger partial charge in [-0.1, -0.05) is 6.07 Å². The predicted octanol–water partition coefficient (Wildman–Crippen LogP) is 3.65. The summed E-state index contributed by atoms with van der Waals surface area (Å²) >= 11 is 1.63. The van der Waals surface area contributed by atoms with Crippen LogP contribution >= 0.6 is 11.8 Å². The molecule has 144 valence electrons. The Hall–Kier alpha value is -2.19. The van der Waals surface area contributed by atoms with Gasteiger partial charge in [0.15, 0.2) is 0 Å². The molecule has 27 heavy (non-hydrogen) atoms. The summed E-state index contributed by atoms with van der Waals surface area (Å²) in [6.07, 6.45) is 0.861.